The number of rotatable bonds is 1. The predicted molar refractivity (Wildman–Crippen MR) is 56.8 cm³/mol. The molecule has 0 amide bonds. The van der Waals surface area contributed by atoms with E-state index < -0.39 is 0 Å². The average molecular weight is 196 g/mol. The summed E-state index contributed by atoms with van der Waals surface area (Å²) in [5.74, 6) is 0. The number of nitrogens with zero attached hydrogens (tertiary/aromatic N) is 2. The second-order valence-corrected chi connectivity index (χ2v) is 5.83. The Morgan fingerprint density at radius 3 is 2.50 bits per heavy atom. The van der Waals surface area contributed by atoms with E-state index in [-0.39, 0.29) is 11.0 Å². The van der Waals surface area contributed by atoms with Gasteiger partial charge in [0.05, 0.1) is 6.21 Å². The Morgan fingerprint density at radius 2 is 2.07 bits per heavy atom. The standard InChI is InChI=1S/C11H20N2O/c1-8-5-11(7-12-14)6-9(11)13(8)10(2,3)4/h7-9,14H,5-6H2,1-4H3/b12-7+/t8-,9-,11+/m1/s1. The van der Waals surface area contributed by atoms with Gasteiger partial charge in [0.2, 0.25) is 0 Å². The number of piperidine rings is 1. The molecule has 1 N–H and O–H groups in total. The van der Waals surface area contributed by atoms with E-state index in [1.165, 1.54) is 6.42 Å². The van der Waals surface area contributed by atoms with Crippen LogP contribution in [0.2, 0.25) is 0 Å². The van der Waals surface area contributed by atoms with Gasteiger partial charge < -0.3 is 5.21 Å². The van der Waals surface area contributed by atoms with Gasteiger partial charge in [0, 0.05) is 23.0 Å². The molecule has 0 aromatic carbocycles. The van der Waals surface area contributed by atoms with E-state index in [2.05, 4.69) is 37.8 Å². The van der Waals surface area contributed by atoms with Crippen molar-refractivity contribution in [2.24, 2.45) is 10.6 Å². The summed E-state index contributed by atoms with van der Waals surface area (Å²) >= 11 is 0. The Bertz CT molecular complexity index is 269. The van der Waals surface area contributed by atoms with E-state index in [9.17, 15) is 0 Å². The highest BCUT2D eigenvalue weighted by atomic mass is 16.4. The molecule has 1 saturated carbocycles. The summed E-state index contributed by atoms with van der Waals surface area (Å²) in [6.07, 6.45) is 4.05. The van der Waals surface area contributed by atoms with Gasteiger partial charge in [0.15, 0.2) is 0 Å². The summed E-state index contributed by atoms with van der Waals surface area (Å²) in [5, 5.41) is 11.9. The molecule has 1 aliphatic carbocycles. The second-order valence-electron chi connectivity index (χ2n) is 5.83. The maximum absolute atomic E-state index is 8.64. The molecule has 2 rings (SSSR count). The highest BCUT2D eigenvalue weighted by Crippen LogP contribution is 2.60. The van der Waals surface area contributed by atoms with Crippen molar-refractivity contribution in [1.82, 2.24) is 4.90 Å². The Balaban J connectivity index is 2.18. The summed E-state index contributed by atoms with van der Waals surface area (Å²) in [4.78, 5) is 2.56. The summed E-state index contributed by atoms with van der Waals surface area (Å²) in [6.45, 7) is 9.04. The van der Waals surface area contributed by atoms with Crippen molar-refractivity contribution in [3.05, 3.63) is 0 Å². The van der Waals surface area contributed by atoms with Crippen LogP contribution in [0.4, 0.5) is 0 Å². The van der Waals surface area contributed by atoms with Crippen LogP contribution in [-0.2, 0) is 0 Å². The smallest absolute Gasteiger partial charge is 0.0514 e. The van der Waals surface area contributed by atoms with E-state index in [4.69, 9.17) is 5.21 Å². The second kappa shape index (κ2) is 2.72. The zero-order valence-corrected chi connectivity index (χ0v) is 9.49. The normalized spacial score (nSPS) is 43.1. The van der Waals surface area contributed by atoms with Gasteiger partial charge in [-0.3, -0.25) is 4.90 Å². The van der Waals surface area contributed by atoms with Crippen LogP contribution in [0.5, 0.6) is 0 Å². The molecule has 1 aliphatic heterocycles. The van der Waals surface area contributed by atoms with E-state index in [0.717, 1.165) is 6.42 Å². The fourth-order valence-corrected chi connectivity index (χ4v) is 3.29. The number of hydrogen-bond donors (Lipinski definition) is 1. The molecule has 80 valence electrons. The lowest BCUT2D eigenvalue weighted by molar-refractivity contribution is 0.104. The first-order chi connectivity index (χ1) is 6.41. The fourth-order valence-electron chi connectivity index (χ4n) is 3.29. The number of fused-ring (bicyclic) bond motifs is 1. The van der Waals surface area contributed by atoms with Crippen LogP contribution in [0.3, 0.4) is 0 Å². The Labute approximate surface area is 85.8 Å². The largest absolute Gasteiger partial charge is 0.411 e. The SMILES string of the molecule is C[C@@H]1C[C@@]2(/C=N/O)C[C@H]2N1C(C)(C)C. The minimum Gasteiger partial charge on any atom is -0.411 e. The summed E-state index contributed by atoms with van der Waals surface area (Å²) in [6, 6.07) is 1.21. The molecule has 0 aromatic heterocycles. The van der Waals surface area contributed by atoms with Crippen LogP contribution in [0, 0.1) is 5.41 Å². The summed E-state index contributed by atoms with van der Waals surface area (Å²) in [5.41, 5.74) is 0.424. The first kappa shape index (κ1) is 9.97. The predicted octanol–water partition coefficient (Wildman–Crippen LogP) is 2.10. The van der Waals surface area contributed by atoms with Crippen LogP contribution in [-0.4, -0.2) is 33.9 Å². The molecule has 3 nitrogen and oxygen atoms in total. The molecule has 3 atom stereocenters. The molecule has 2 aliphatic rings. The molecule has 0 radical (unpaired) electrons. The van der Waals surface area contributed by atoms with Crippen LogP contribution in [0.15, 0.2) is 5.16 Å². The minimum absolute atomic E-state index is 0.196. The lowest BCUT2D eigenvalue weighted by Crippen LogP contribution is -2.45. The molecular weight excluding hydrogens is 176 g/mol. The lowest BCUT2D eigenvalue weighted by atomic mass is 10.0. The summed E-state index contributed by atoms with van der Waals surface area (Å²) in [7, 11) is 0. The maximum atomic E-state index is 8.64. The van der Waals surface area contributed by atoms with Crippen LogP contribution in [0.1, 0.15) is 40.5 Å². The molecule has 0 aromatic rings. The monoisotopic (exact) mass is 196 g/mol. The van der Waals surface area contributed by atoms with Gasteiger partial charge in [0.1, 0.15) is 0 Å². The lowest BCUT2D eigenvalue weighted by Gasteiger charge is -2.37. The molecule has 0 bridgehead atoms. The Kier molecular flexibility index (Phi) is 1.94. The van der Waals surface area contributed by atoms with Crippen molar-refractivity contribution in [2.75, 3.05) is 0 Å². The first-order valence-electron chi connectivity index (χ1n) is 5.38. The van der Waals surface area contributed by atoms with Crippen LogP contribution >= 0.6 is 0 Å². The van der Waals surface area contributed by atoms with E-state index in [1.807, 2.05) is 0 Å². The molecule has 0 unspecified atom stereocenters. The van der Waals surface area contributed by atoms with E-state index in [0.29, 0.717) is 12.1 Å². The van der Waals surface area contributed by atoms with Crippen molar-refractivity contribution in [3.63, 3.8) is 0 Å². The molecule has 1 heterocycles. The Hall–Kier alpha value is -0.570. The van der Waals surface area contributed by atoms with Crippen molar-refractivity contribution >= 4 is 6.21 Å². The van der Waals surface area contributed by atoms with E-state index >= 15 is 0 Å². The Morgan fingerprint density at radius 1 is 1.43 bits per heavy atom. The highest BCUT2D eigenvalue weighted by Gasteiger charge is 2.64. The quantitative estimate of drug-likeness (QED) is 0.396. The third-order valence-corrected chi connectivity index (χ3v) is 3.65. The molecule has 14 heavy (non-hydrogen) atoms. The fraction of sp³-hybridized carbons (Fsp3) is 0.909. The molecule has 2 fully saturated rings. The number of hydrogen-bond acceptors (Lipinski definition) is 3. The third kappa shape index (κ3) is 1.26. The van der Waals surface area contributed by atoms with Gasteiger partial charge in [-0.05, 0) is 40.5 Å². The van der Waals surface area contributed by atoms with Gasteiger partial charge in [-0.1, -0.05) is 0 Å². The van der Waals surface area contributed by atoms with Crippen molar-refractivity contribution in [2.45, 2.75) is 58.2 Å². The van der Waals surface area contributed by atoms with Gasteiger partial charge in [-0.2, -0.15) is 0 Å². The van der Waals surface area contributed by atoms with Gasteiger partial charge >= 0.3 is 0 Å². The van der Waals surface area contributed by atoms with Crippen LogP contribution in [0.25, 0.3) is 0 Å². The molecule has 1 saturated heterocycles. The number of oxime groups is 1. The molecule has 0 spiro atoms. The third-order valence-electron chi connectivity index (χ3n) is 3.65. The van der Waals surface area contributed by atoms with Crippen molar-refractivity contribution < 1.29 is 5.21 Å². The van der Waals surface area contributed by atoms with E-state index in [1.54, 1.807) is 6.21 Å². The minimum atomic E-state index is 0.196. The van der Waals surface area contributed by atoms with Crippen LogP contribution < -0.4 is 0 Å². The zero-order chi connectivity index (χ0) is 10.6. The highest BCUT2D eigenvalue weighted by molar-refractivity contribution is 5.72. The molecular formula is C11H20N2O. The average Bonchev–Trinajstić information content (AvgIpc) is 2.53. The maximum Gasteiger partial charge on any atom is 0.0514 e. The molecule has 3 heteroatoms. The zero-order valence-electron chi connectivity index (χ0n) is 9.49. The van der Waals surface area contributed by atoms with Gasteiger partial charge in [-0.15, -0.1) is 5.16 Å². The van der Waals surface area contributed by atoms with Gasteiger partial charge in [-0.25, -0.2) is 0 Å². The number of likely N-dealkylation sites (tertiary alicyclic amines) is 1. The topological polar surface area (TPSA) is 35.8 Å². The van der Waals surface area contributed by atoms with Gasteiger partial charge in [0.25, 0.3) is 0 Å². The summed E-state index contributed by atoms with van der Waals surface area (Å²) < 4.78 is 0. The van der Waals surface area contributed by atoms with Crippen molar-refractivity contribution in [3.8, 4) is 0 Å². The first-order valence-corrected chi connectivity index (χ1v) is 5.38. The van der Waals surface area contributed by atoms with Crippen molar-refractivity contribution in [1.29, 1.82) is 0 Å².